The molecule has 1 saturated carbocycles. The van der Waals surface area contributed by atoms with Crippen LogP contribution in [0.5, 0.6) is 0 Å². The maximum absolute atomic E-state index is 6.01. The number of likely N-dealkylation sites (N-methyl/N-ethyl adjacent to an activating group) is 1. The van der Waals surface area contributed by atoms with Crippen molar-refractivity contribution in [2.75, 3.05) is 26.7 Å². The van der Waals surface area contributed by atoms with Crippen LogP contribution in [0, 0.1) is 0 Å². The van der Waals surface area contributed by atoms with E-state index in [-0.39, 0.29) is 0 Å². The van der Waals surface area contributed by atoms with Crippen LogP contribution < -0.4 is 5.32 Å². The highest BCUT2D eigenvalue weighted by atomic mass is 16.5. The van der Waals surface area contributed by atoms with Crippen molar-refractivity contribution in [3.63, 3.8) is 0 Å². The van der Waals surface area contributed by atoms with Gasteiger partial charge in [-0.25, -0.2) is 0 Å². The molecule has 0 aromatic heterocycles. The van der Waals surface area contributed by atoms with Gasteiger partial charge >= 0.3 is 0 Å². The Morgan fingerprint density at radius 3 is 2.83 bits per heavy atom. The summed E-state index contributed by atoms with van der Waals surface area (Å²) < 4.78 is 6.01. The number of hydrogen-bond donors (Lipinski definition) is 1. The van der Waals surface area contributed by atoms with E-state index in [4.69, 9.17) is 4.74 Å². The molecular weight excluding hydrogens is 224 g/mol. The first-order valence-electron chi connectivity index (χ1n) is 7.81. The van der Waals surface area contributed by atoms with Crippen LogP contribution >= 0.6 is 0 Å². The van der Waals surface area contributed by atoms with Crippen LogP contribution in [0.2, 0.25) is 0 Å². The molecule has 3 nitrogen and oxygen atoms in total. The second-order valence-electron chi connectivity index (χ2n) is 6.14. The van der Waals surface area contributed by atoms with Crippen molar-refractivity contribution in [1.29, 1.82) is 0 Å². The predicted molar refractivity (Wildman–Crippen MR) is 75.9 cm³/mol. The van der Waals surface area contributed by atoms with Crippen LogP contribution in [0.1, 0.15) is 51.9 Å². The highest BCUT2D eigenvalue weighted by Gasteiger charge is 2.21. The summed E-state index contributed by atoms with van der Waals surface area (Å²) in [5, 5.41) is 3.56. The molecule has 0 aromatic rings. The lowest BCUT2D eigenvalue weighted by atomic mass is 10.0. The molecule has 0 bridgehead atoms. The van der Waals surface area contributed by atoms with Crippen molar-refractivity contribution < 1.29 is 4.74 Å². The van der Waals surface area contributed by atoms with Crippen molar-refractivity contribution in [3.8, 4) is 0 Å². The van der Waals surface area contributed by atoms with E-state index in [0.717, 1.165) is 12.6 Å². The van der Waals surface area contributed by atoms with E-state index >= 15 is 0 Å². The topological polar surface area (TPSA) is 24.5 Å². The molecule has 2 aliphatic rings. The van der Waals surface area contributed by atoms with Crippen molar-refractivity contribution in [2.45, 2.75) is 70.1 Å². The summed E-state index contributed by atoms with van der Waals surface area (Å²) >= 11 is 0. The van der Waals surface area contributed by atoms with Crippen molar-refractivity contribution in [2.24, 2.45) is 0 Å². The molecule has 2 rings (SSSR count). The lowest BCUT2D eigenvalue weighted by Gasteiger charge is -2.33. The Balaban J connectivity index is 1.48. The van der Waals surface area contributed by atoms with Crippen LogP contribution in [0.25, 0.3) is 0 Å². The first kappa shape index (κ1) is 14.3. The molecule has 1 aliphatic heterocycles. The van der Waals surface area contributed by atoms with Gasteiger partial charge in [0.25, 0.3) is 0 Å². The van der Waals surface area contributed by atoms with E-state index in [2.05, 4.69) is 24.2 Å². The number of ether oxygens (including phenoxy) is 1. The molecular formula is C15H30N2O. The van der Waals surface area contributed by atoms with E-state index in [1.54, 1.807) is 0 Å². The quantitative estimate of drug-likeness (QED) is 0.673. The van der Waals surface area contributed by atoms with Crippen LogP contribution in [0.15, 0.2) is 0 Å². The Morgan fingerprint density at radius 2 is 2.11 bits per heavy atom. The van der Waals surface area contributed by atoms with Gasteiger partial charge in [0.2, 0.25) is 0 Å². The monoisotopic (exact) mass is 254 g/mol. The summed E-state index contributed by atoms with van der Waals surface area (Å²) in [5.41, 5.74) is 0. The van der Waals surface area contributed by atoms with Gasteiger partial charge < -0.3 is 15.0 Å². The van der Waals surface area contributed by atoms with Gasteiger partial charge in [0.1, 0.15) is 0 Å². The van der Waals surface area contributed by atoms with Gasteiger partial charge in [-0.05, 0) is 65.6 Å². The Bertz CT molecular complexity index is 231. The number of piperidine rings is 1. The molecule has 0 spiro atoms. The largest absolute Gasteiger partial charge is 0.377 e. The number of likely N-dealkylation sites (tertiary alicyclic amines) is 1. The van der Waals surface area contributed by atoms with Gasteiger partial charge in [-0.15, -0.1) is 0 Å². The molecule has 18 heavy (non-hydrogen) atoms. The van der Waals surface area contributed by atoms with Crippen molar-refractivity contribution >= 4 is 0 Å². The summed E-state index contributed by atoms with van der Waals surface area (Å²) in [6, 6.07) is 1.50. The zero-order valence-corrected chi connectivity index (χ0v) is 12.2. The molecule has 1 saturated heterocycles. The van der Waals surface area contributed by atoms with Gasteiger partial charge in [0, 0.05) is 12.1 Å². The molecule has 0 radical (unpaired) electrons. The minimum Gasteiger partial charge on any atom is -0.377 e. The van der Waals surface area contributed by atoms with Crippen LogP contribution in [-0.4, -0.2) is 49.8 Å². The van der Waals surface area contributed by atoms with Crippen molar-refractivity contribution in [3.05, 3.63) is 0 Å². The highest BCUT2D eigenvalue weighted by molar-refractivity contribution is 4.80. The fraction of sp³-hybridized carbons (Fsp3) is 1.00. The highest BCUT2D eigenvalue weighted by Crippen LogP contribution is 2.19. The molecule has 2 unspecified atom stereocenters. The van der Waals surface area contributed by atoms with E-state index in [1.165, 1.54) is 58.0 Å². The second-order valence-corrected chi connectivity index (χ2v) is 6.14. The van der Waals surface area contributed by atoms with Gasteiger partial charge in [-0.1, -0.05) is 6.42 Å². The molecule has 1 N–H and O–H groups in total. The summed E-state index contributed by atoms with van der Waals surface area (Å²) in [7, 11) is 2.23. The van der Waals surface area contributed by atoms with E-state index in [0.29, 0.717) is 12.1 Å². The lowest BCUT2D eigenvalue weighted by molar-refractivity contribution is 0.00793. The standard InChI is InChI=1S/C15H30N2O/c1-13(6-5-10-16-14-8-9-14)18-12-15-7-3-4-11-17(15)2/h13-16H,3-12H2,1-2H3. The molecule has 1 aliphatic carbocycles. The SMILES string of the molecule is CC(CCCNC1CC1)OCC1CCCCN1C. The fourth-order valence-electron chi connectivity index (χ4n) is 2.70. The first-order chi connectivity index (χ1) is 8.75. The Kier molecular flexibility index (Phi) is 5.93. The molecule has 3 heteroatoms. The summed E-state index contributed by atoms with van der Waals surface area (Å²) in [4.78, 5) is 2.46. The number of hydrogen-bond acceptors (Lipinski definition) is 3. The minimum absolute atomic E-state index is 0.418. The summed E-state index contributed by atoms with van der Waals surface area (Å²) in [6.07, 6.45) is 9.68. The van der Waals surface area contributed by atoms with E-state index in [9.17, 15) is 0 Å². The maximum Gasteiger partial charge on any atom is 0.0625 e. The number of rotatable bonds is 8. The fourth-order valence-corrected chi connectivity index (χ4v) is 2.70. The third kappa shape index (κ3) is 5.25. The third-order valence-electron chi connectivity index (χ3n) is 4.29. The van der Waals surface area contributed by atoms with Crippen LogP contribution in [-0.2, 0) is 4.74 Å². The summed E-state index contributed by atoms with van der Waals surface area (Å²) in [6.45, 7) is 5.56. The zero-order chi connectivity index (χ0) is 12.8. The molecule has 0 amide bonds. The Labute approximate surface area is 112 Å². The van der Waals surface area contributed by atoms with E-state index in [1.807, 2.05) is 0 Å². The molecule has 0 aromatic carbocycles. The van der Waals surface area contributed by atoms with Gasteiger partial charge in [-0.2, -0.15) is 0 Å². The smallest absolute Gasteiger partial charge is 0.0625 e. The third-order valence-corrected chi connectivity index (χ3v) is 4.29. The molecule has 2 atom stereocenters. The normalized spacial score (nSPS) is 27.3. The number of nitrogens with one attached hydrogen (secondary N) is 1. The summed E-state index contributed by atoms with van der Waals surface area (Å²) in [5.74, 6) is 0. The number of nitrogens with zero attached hydrogens (tertiary/aromatic N) is 1. The van der Waals surface area contributed by atoms with Gasteiger partial charge in [-0.3, -0.25) is 0 Å². The first-order valence-corrected chi connectivity index (χ1v) is 7.81. The second kappa shape index (κ2) is 7.46. The van der Waals surface area contributed by atoms with Crippen LogP contribution in [0.3, 0.4) is 0 Å². The Morgan fingerprint density at radius 1 is 1.28 bits per heavy atom. The van der Waals surface area contributed by atoms with Gasteiger partial charge in [0.05, 0.1) is 12.7 Å². The van der Waals surface area contributed by atoms with Crippen molar-refractivity contribution in [1.82, 2.24) is 10.2 Å². The lowest BCUT2D eigenvalue weighted by Crippen LogP contribution is -2.40. The average molecular weight is 254 g/mol. The van der Waals surface area contributed by atoms with Gasteiger partial charge in [0.15, 0.2) is 0 Å². The maximum atomic E-state index is 6.01. The molecule has 2 fully saturated rings. The van der Waals surface area contributed by atoms with Crippen LogP contribution in [0.4, 0.5) is 0 Å². The minimum atomic E-state index is 0.418. The van der Waals surface area contributed by atoms with E-state index < -0.39 is 0 Å². The predicted octanol–water partition coefficient (Wildman–Crippen LogP) is 2.41. The average Bonchev–Trinajstić information content (AvgIpc) is 3.18. The zero-order valence-electron chi connectivity index (χ0n) is 12.2. The Hall–Kier alpha value is -0.120. The molecule has 1 heterocycles. The molecule has 106 valence electrons.